The molecule has 0 heterocycles. The van der Waals surface area contributed by atoms with E-state index in [-0.39, 0.29) is 5.75 Å². The minimum absolute atomic E-state index is 0.0602. The van der Waals surface area contributed by atoms with Gasteiger partial charge < -0.3 is 19.5 Å². The minimum atomic E-state index is -2.85. The van der Waals surface area contributed by atoms with Gasteiger partial charge in [0, 0.05) is 20.3 Å². The van der Waals surface area contributed by atoms with Crippen LogP contribution in [0.5, 0.6) is 11.5 Å². The highest BCUT2D eigenvalue weighted by Crippen LogP contribution is 2.29. The summed E-state index contributed by atoms with van der Waals surface area (Å²) in [5.74, 6) is 0.397. The summed E-state index contributed by atoms with van der Waals surface area (Å²) in [6, 6.07) is 4.96. The molecule has 20 heavy (non-hydrogen) atoms. The van der Waals surface area contributed by atoms with E-state index in [0.29, 0.717) is 25.5 Å². The number of alkyl halides is 2. The third-order valence-corrected chi connectivity index (χ3v) is 2.56. The molecule has 0 amide bonds. The predicted octanol–water partition coefficient (Wildman–Crippen LogP) is 2.81. The van der Waals surface area contributed by atoms with Crippen molar-refractivity contribution in [3.8, 4) is 11.5 Å². The van der Waals surface area contributed by atoms with Gasteiger partial charge in [0.05, 0.1) is 6.61 Å². The summed E-state index contributed by atoms with van der Waals surface area (Å²) < 4.78 is 39.2. The first kappa shape index (κ1) is 16.7. The molecule has 0 aliphatic rings. The van der Waals surface area contributed by atoms with E-state index in [1.165, 1.54) is 6.07 Å². The topological polar surface area (TPSA) is 39.7 Å². The second kappa shape index (κ2) is 9.50. The Labute approximate surface area is 118 Å². The van der Waals surface area contributed by atoms with E-state index >= 15 is 0 Å². The van der Waals surface area contributed by atoms with E-state index in [2.05, 4.69) is 10.1 Å². The first-order chi connectivity index (χ1) is 9.67. The zero-order valence-corrected chi connectivity index (χ0v) is 11.8. The van der Waals surface area contributed by atoms with Crippen LogP contribution in [0.4, 0.5) is 8.78 Å². The van der Waals surface area contributed by atoms with Gasteiger partial charge in [-0.25, -0.2) is 0 Å². The van der Waals surface area contributed by atoms with E-state index < -0.39 is 6.61 Å². The largest absolute Gasteiger partial charge is 0.490 e. The van der Waals surface area contributed by atoms with E-state index in [0.717, 1.165) is 18.5 Å². The van der Waals surface area contributed by atoms with Crippen LogP contribution < -0.4 is 14.8 Å². The molecule has 1 aromatic carbocycles. The molecule has 1 aromatic rings. The van der Waals surface area contributed by atoms with Crippen molar-refractivity contribution >= 4 is 0 Å². The number of hydrogen-bond acceptors (Lipinski definition) is 4. The van der Waals surface area contributed by atoms with Gasteiger partial charge in [-0.3, -0.25) is 0 Å². The van der Waals surface area contributed by atoms with Gasteiger partial charge in [0.25, 0.3) is 0 Å². The van der Waals surface area contributed by atoms with Crippen molar-refractivity contribution in [3.63, 3.8) is 0 Å². The Bertz CT molecular complexity index is 389. The van der Waals surface area contributed by atoms with Crippen LogP contribution in [-0.2, 0) is 11.3 Å². The summed E-state index contributed by atoms with van der Waals surface area (Å²) in [6.07, 6.45) is 0.918. The summed E-state index contributed by atoms with van der Waals surface area (Å²) in [7, 11) is 1.66. The lowest BCUT2D eigenvalue weighted by atomic mass is 10.2. The quantitative estimate of drug-likeness (QED) is 0.672. The maximum absolute atomic E-state index is 12.3. The molecule has 0 aliphatic heterocycles. The lowest BCUT2D eigenvalue weighted by molar-refractivity contribution is -0.0514. The number of ether oxygens (including phenoxy) is 3. The molecule has 1 rings (SSSR count). The van der Waals surface area contributed by atoms with E-state index in [9.17, 15) is 8.78 Å². The molecular formula is C14H21F2NO3. The molecule has 0 aliphatic carbocycles. The number of benzene rings is 1. The molecule has 0 bridgehead atoms. The van der Waals surface area contributed by atoms with Crippen molar-refractivity contribution in [2.75, 3.05) is 26.9 Å². The zero-order valence-electron chi connectivity index (χ0n) is 11.8. The smallest absolute Gasteiger partial charge is 0.387 e. The number of methoxy groups -OCH3 is 1. The molecule has 0 fully saturated rings. The van der Waals surface area contributed by atoms with Gasteiger partial charge in [0.1, 0.15) is 0 Å². The number of halogens is 2. The van der Waals surface area contributed by atoms with Gasteiger partial charge in [-0.1, -0.05) is 6.07 Å². The summed E-state index contributed by atoms with van der Waals surface area (Å²) in [5, 5.41) is 3.24. The van der Waals surface area contributed by atoms with Gasteiger partial charge in [0.15, 0.2) is 11.5 Å². The van der Waals surface area contributed by atoms with E-state index in [1.807, 2.05) is 0 Å². The highest BCUT2D eigenvalue weighted by atomic mass is 19.3. The van der Waals surface area contributed by atoms with Crippen LogP contribution in [0.1, 0.15) is 18.9 Å². The molecule has 0 radical (unpaired) electrons. The average Bonchev–Trinajstić information content (AvgIpc) is 2.41. The third-order valence-electron chi connectivity index (χ3n) is 2.56. The van der Waals surface area contributed by atoms with Gasteiger partial charge >= 0.3 is 6.61 Å². The van der Waals surface area contributed by atoms with Crippen LogP contribution in [0.3, 0.4) is 0 Å². The molecule has 1 N–H and O–H groups in total. The molecule has 0 spiro atoms. The molecule has 114 valence electrons. The van der Waals surface area contributed by atoms with Crippen molar-refractivity contribution in [1.82, 2.24) is 5.32 Å². The Balaban J connectivity index is 2.57. The Hall–Kier alpha value is -1.40. The molecule has 0 saturated heterocycles. The number of nitrogens with one attached hydrogen (secondary N) is 1. The third kappa shape index (κ3) is 6.16. The fourth-order valence-corrected chi connectivity index (χ4v) is 1.70. The summed E-state index contributed by atoms with van der Waals surface area (Å²) in [4.78, 5) is 0. The number of rotatable bonds is 10. The second-order valence-corrected chi connectivity index (χ2v) is 4.12. The Kier molecular flexibility index (Phi) is 7.91. The Morgan fingerprint density at radius 2 is 2.05 bits per heavy atom. The summed E-state index contributed by atoms with van der Waals surface area (Å²) >= 11 is 0. The van der Waals surface area contributed by atoms with Crippen LogP contribution in [-0.4, -0.2) is 33.5 Å². The highest BCUT2D eigenvalue weighted by molar-refractivity contribution is 5.43. The normalized spacial score (nSPS) is 10.8. The molecular weight excluding hydrogens is 268 g/mol. The predicted molar refractivity (Wildman–Crippen MR) is 72.4 cm³/mol. The number of hydrogen-bond donors (Lipinski definition) is 1. The van der Waals surface area contributed by atoms with Crippen LogP contribution in [0.25, 0.3) is 0 Å². The standard InChI is InChI=1S/C14H21F2NO3/c1-3-19-13-9-11(10-17-7-4-8-18-2)5-6-12(13)20-14(15)16/h5-6,9,14,17H,3-4,7-8,10H2,1-2H3. The molecule has 0 unspecified atom stereocenters. The maximum atomic E-state index is 12.3. The van der Waals surface area contributed by atoms with Crippen LogP contribution in [0.15, 0.2) is 18.2 Å². The van der Waals surface area contributed by atoms with Crippen LogP contribution in [0, 0.1) is 0 Å². The van der Waals surface area contributed by atoms with Crippen molar-refractivity contribution in [2.45, 2.75) is 26.5 Å². The van der Waals surface area contributed by atoms with Gasteiger partial charge in [-0.2, -0.15) is 8.78 Å². The van der Waals surface area contributed by atoms with Crippen LogP contribution >= 0.6 is 0 Å². The van der Waals surface area contributed by atoms with E-state index in [1.54, 1.807) is 26.2 Å². The lowest BCUT2D eigenvalue weighted by Crippen LogP contribution is -2.16. The van der Waals surface area contributed by atoms with Crippen molar-refractivity contribution < 1.29 is 23.0 Å². The Morgan fingerprint density at radius 3 is 2.70 bits per heavy atom. The first-order valence-corrected chi connectivity index (χ1v) is 6.57. The van der Waals surface area contributed by atoms with E-state index in [4.69, 9.17) is 9.47 Å². The van der Waals surface area contributed by atoms with Crippen molar-refractivity contribution in [2.24, 2.45) is 0 Å². The molecule has 4 nitrogen and oxygen atoms in total. The van der Waals surface area contributed by atoms with Crippen LogP contribution in [0.2, 0.25) is 0 Å². The zero-order chi connectivity index (χ0) is 14.8. The molecule has 6 heteroatoms. The minimum Gasteiger partial charge on any atom is -0.490 e. The molecule has 0 aromatic heterocycles. The van der Waals surface area contributed by atoms with Crippen molar-refractivity contribution in [1.29, 1.82) is 0 Å². The van der Waals surface area contributed by atoms with Gasteiger partial charge in [-0.15, -0.1) is 0 Å². The maximum Gasteiger partial charge on any atom is 0.387 e. The summed E-state index contributed by atoms with van der Waals surface area (Å²) in [5.41, 5.74) is 0.951. The highest BCUT2D eigenvalue weighted by Gasteiger charge is 2.11. The Morgan fingerprint density at radius 1 is 1.25 bits per heavy atom. The summed E-state index contributed by atoms with van der Waals surface area (Å²) in [6.45, 7) is 1.50. The van der Waals surface area contributed by atoms with Crippen molar-refractivity contribution in [3.05, 3.63) is 23.8 Å². The fraction of sp³-hybridized carbons (Fsp3) is 0.571. The first-order valence-electron chi connectivity index (χ1n) is 6.57. The second-order valence-electron chi connectivity index (χ2n) is 4.12. The van der Waals surface area contributed by atoms with Gasteiger partial charge in [0.2, 0.25) is 0 Å². The SMILES string of the molecule is CCOc1cc(CNCCCOC)ccc1OC(F)F. The fourth-order valence-electron chi connectivity index (χ4n) is 1.70. The van der Waals surface area contributed by atoms with Gasteiger partial charge in [-0.05, 0) is 37.6 Å². The monoisotopic (exact) mass is 289 g/mol. The molecule has 0 atom stereocenters. The average molecular weight is 289 g/mol. The lowest BCUT2D eigenvalue weighted by Gasteiger charge is -2.13. The molecule has 0 saturated carbocycles.